The molecule has 3 rings (SSSR count). The minimum absolute atomic E-state index is 0.782. The quantitative estimate of drug-likeness (QED) is 0.868. The number of nitrogens with zero attached hydrogens (tertiary/aromatic N) is 5. The normalized spacial score (nSPS) is 14.0. The highest BCUT2D eigenvalue weighted by molar-refractivity contribution is 5.64. The molecule has 5 nitrogen and oxygen atoms in total. The van der Waals surface area contributed by atoms with Crippen LogP contribution in [0.2, 0.25) is 0 Å². The van der Waals surface area contributed by atoms with Crippen molar-refractivity contribution in [1.82, 2.24) is 19.4 Å². The Balaban J connectivity index is 2.37. The molecule has 1 aliphatic heterocycles. The van der Waals surface area contributed by atoms with Crippen LogP contribution in [-0.2, 0) is 7.05 Å². The predicted octanol–water partition coefficient (Wildman–Crippen LogP) is 1.78. The lowest BCUT2D eigenvalue weighted by atomic mass is 10.1. The van der Waals surface area contributed by atoms with Crippen LogP contribution in [0.15, 0.2) is 35.2 Å². The van der Waals surface area contributed by atoms with Crippen molar-refractivity contribution in [2.75, 3.05) is 14.1 Å². The highest BCUT2D eigenvalue weighted by Crippen LogP contribution is 2.20. The summed E-state index contributed by atoms with van der Waals surface area (Å²) in [5, 5.41) is 1.18. The number of fused-ring (bicyclic) bond motifs is 1. The van der Waals surface area contributed by atoms with Crippen molar-refractivity contribution in [3.05, 3.63) is 46.8 Å². The molecule has 0 aliphatic carbocycles. The number of rotatable bonds is 3. The van der Waals surface area contributed by atoms with E-state index in [0.29, 0.717) is 0 Å². The number of hydrogen-bond donors (Lipinski definition) is 0. The second-order valence-corrected chi connectivity index (χ2v) is 6.13. The molecule has 2 aromatic rings. The lowest BCUT2D eigenvalue weighted by Crippen LogP contribution is -2.33. The third-order valence-corrected chi connectivity index (χ3v) is 4.25. The first-order chi connectivity index (χ1) is 11.0. The van der Waals surface area contributed by atoms with Crippen LogP contribution in [-0.4, -0.2) is 33.5 Å². The molecule has 0 fully saturated rings. The Labute approximate surface area is 136 Å². The van der Waals surface area contributed by atoms with Crippen LogP contribution in [0.5, 0.6) is 0 Å². The van der Waals surface area contributed by atoms with Gasteiger partial charge in [-0.1, -0.05) is 6.92 Å². The Hall–Kier alpha value is -2.43. The van der Waals surface area contributed by atoms with Gasteiger partial charge in [-0.25, -0.2) is 15.0 Å². The van der Waals surface area contributed by atoms with E-state index in [2.05, 4.69) is 46.7 Å². The fraction of sp³-hybridized carbons (Fsp3) is 0.389. The summed E-state index contributed by atoms with van der Waals surface area (Å²) in [6.07, 6.45) is 7.88. The van der Waals surface area contributed by atoms with Gasteiger partial charge in [-0.15, -0.1) is 0 Å². The Morgan fingerprint density at radius 2 is 2.09 bits per heavy atom. The zero-order valence-corrected chi connectivity index (χ0v) is 14.5. The maximum absolute atomic E-state index is 4.75. The topological polar surface area (TPSA) is 46.3 Å². The second-order valence-electron chi connectivity index (χ2n) is 6.13. The summed E-state index contributed by atoms with van der Waals surface area (Å²) >= 11 is 0. The van der Waals surface area contributed by atoms with Crippen LogP contribution in [0.1, 0.15) is 25.6 Å². The summed E-state index contributed by atoms with van der Waals surface area (Å²) in [7, 11) is 6.23. The lowest BCUT2D eigenvalue weighted by Gasteiger charge is -2.18. The molecular weight excluding hydrogens is 286 g/mol. The number of aryl methyl sites for hydroxylation is 2. The smallest absolute Gasteiger partial charge is 0.142 e. The van der Waals surface area contributed by atoms with Crippen molar-refractivity contribution in [2.24, 2.45) is 12.0 Å². The van der Waals surface area contributed by atoms with E-state index < -0.39 is 0 Å². The van der Waals surface area contributed by atoms with Crippen molar-refractivity contribution in [1.29, 1.82) is 0 Å². The van der Waals surface area contributed by atoms with Gasteiger partial charge in [0.05, 0.1) is 5.69 Å². The minimum atomic E-state index is 0.782. The van der Waals surface area contributed by atoms with Crippen LogP contribution in [0.3, 0.4) is 0 Å². The van der Waals surface area contributed by atoms with E-state index in [-0.39, 0.29) is 0 Å². The fourth-order valence-corrected chi connectivity index (χ4v) is 2.96. The van der Waals surface area contributed by atoms with E-state index in [1.807, 2.05) is 32.4 Å². The first kappa shape index (κ1) is 15.5. The molecule has 2 aromatic heterocycles. The predicted molar refractivity (Wildman–Crippen MR) is 92.0 cm³/mol. The molecule has 0 bridgehead atoms. The molecular formula is C18H23N5. The molecule has 0 N–H and O–H groups in total. The average Bonchev–Trinajstić information content (AvgIpc) is 2.72. The molecule has 120 valence electrons. The highest BCUT2D eigenvalue weighted by Gasteiger charge is 2.16. The Morgan fingerprint density at radius 1 is 1.30 bits per heavy atom. The van der Waals surface area contributed by atoms with E-state index in [4.69, 9.17) is 4.99 Å². The molecule has 0 spiro atoms. The van der Waals surface area contributed by atoms with Crippen molar-refractivity contribution in [2.45, 2.75) is 26.7 Å². The van der Waals surface area contributed by atoms with Crippen LogP contribution in [0.25, 0.3) is 17.0 Å². The lowest BCUT2D eigenvalue weighted by molar-refractivity contribution is 0.568. The van der Waals surface area contributed by atoms with Gasteiger partial charge in [-0.05, 0) is 25.0 Å². The number of aromatic nitrogens is 3. The first-order valence-corrected chi connectivity index (χ1v) is 7.93. The molecule has 0 saturated carbocycles. The van der Waals surface area contributed by atoms with E-state index in [1.54, 1.807) is 0 Å². The zero-order chi connectivity index (χ0) is 16.6. The standard InChI is InChI=1S/C18H23N5/c1-6-13-9-16(22(3)4)17-14(11-23(5)18(17)20-10-13)15-7-8-19-12(2)21-15/h7-8,10-11H,6,9H2,1-5H3. The highest BCUT2D eigenvalue weighted by atomic mass is 15.1. The summed E-state index contributed by atoms with van der Waals surface area (Å²) in [4.78, 5) is 15.8. The maximum atomic E-state index is 4.75. The Kier molecular flexibility index (Phi) is 4.03. The van der Waals surface area contributed by atoms with Crippen molar-refractivity contribution in [3.8, 4) is 11.3 Å². The van der Waals surface area contributed by atoms with E-state index in [0.717, 1.165) is 35.4 Å². The van der Waals surface area contributed by atoms with Crippen LogP contribution >= 0.6 is 0 Å². The molecule has 0 unspecified atom stereocenters. The average molecular weight is 309 g/mol. The van der Waals surface area contributed by atoms with Crippen molar-refractivity contribution in [3.63, 3.8) is 0 Å². The van der Waals surface area contributed by atoms with Gasteiger partial charge in [0.1, 0.15) is 11.3 Å². The van der Waals surface area contributed by atoms with E-state index in [9.17, 15) is 0 Å². The fourth-order valence-electron chi connectivity index (χ4n) is 2.96. The largest absolute Gasteiger partial charge is 0.380 e. The van der Waals surface area contributed by atoms with Gasteiger partial charge in [-0.3, -0.25) is 0 Å². The minimum Gasteiger partial charge on any atom is -0.380 e. The molecule has 1 aliphatic rings. The van der Waals surface area contributed by atoms with Crippen LogP contribution < -0.4 is 10.7 Å². The summed E-state index contributed by atoms with van der Waals surface area (Å²) in [5.41, 5.74) is 5.68. The summed E-state index contributed by atoms with van der Waals surface area (Å²) < 4.78 is 2.08. The Bertz CT molecular complexity index is 887. The summed E-state index contributed by atoms with van der Waals surface area (Å²) in [6.45, 7) is 4.10. The zero-order valence-electron chi connectivity index (χ0n) is 14.5. The van der Waals surface area contributed by atoms with Crippen LogP contribution in [0, 0.1) is 6.92 Å². The molecule has 0 amide bonds. The Morgan fingerprint density at radius 3 is 2.74 bits per heavy atom. The van der Waals surface area contributed by atoms with Crippen molar-refractivity contribution >= 4 is 5.70 Å². The molecule has 0 atom stereocenters. The third-order valence-electron chi connectivity index (χ3n) is 4.25. The van der Waals surface area contributed by atoms with Crippen molar-refractivity contribution < 1.29 is 0 Å². The molecule has 5 heteroatoms. The number of hydrogen-bond acceptors (Lipinski definition) is 4. The molecule has 0 radical (unpaired) electrons. The van der Waals surface area contributed by atoms with E-state index in [1.165, 1.54) is 16.5 Å². The van der Waals surface area contributed by atoms with E-state index >= 15 is 0 Å². The van der Waals surface area contributed by atoms with Gasteiger partial charge in [0.25, 0.3) is 0 Å². The maximum Gasteiger partial charge on any atom is 0.142 e. The van der Waals surface area contributed by atoms with Gasteiger partial charge in [0.2, 0.25) is 0 Å². The van der Waals surface area contributed by atoms with Gasteiger partial charge >= 0.3 is 0 Å². The third kappa shape index (κ3) is 2.79. The molecule has 3 heterocycles. The van der Waals surface area contributed by atoms with Gasteiger partial charge in [0.15, 0.2) is 0 Å². The molecule has 0 aromatic carbocycles. The SMILES string of the molecule is CCC1=CN=c2c(c(-c3ccnc(C)n3)cn2C)=C(N(C)C)C1. The summed E-state index contributed by atoms with van der Waals surface area (Å²) in [6, 6.07) is 1.97. The van der Waals surface area contributed by atoms with Gasteiger partial charge < -0.3 is 9.47 Å². The van der Waals surface area contributed by atoms with Gasteiger partial charge in [-0.2, -0.15) is 0 Å². The van der Waals surface area contributed by atoms with Crippen LogP contribution in [0.4, 0.5) is 0 Å². The molecule has 23 heavy (non-hydrogen) atoms. The molecule has 0 saturated heterocycles. The second kappa shape index (κ2) is 5.99. The monoisotopic (exact) mass is 309 g/mol. The first-order valence-electron chi connectivity index (χ1n) is 7.93. The summed E-state index contributed by atoms with van der Waals surface area (Å²) in [5.74, 6) is 0.782. The van der Waals surface area contributed by atoms with Gasteiger partial charge in [0, 0.05) is 62.6 Å².